The number of carbonyl (C=O) groups is 1. The minimum absolute atomic E-state index is 0.255. The van der Waals surface area contributed by atoms with Crippen molar-refractivity contribution in [1.82, 2.24) is 5.32 Å². The van der Waals surface area contributed by atoms with Gasteiger partial charge in [0.25, 0.3) is 5.91 Å². The number of hydrogen-bond donors (Lipinski definition) is 3. The van der Waals surface area contributed by atoms with Gasteiger partial charge in [-0.05, 0) is 18.9 Å². The van der Waals surface area contributed by atoms with Gasteiger partial charge in [-0.2, -0.15) is 4.39 Å². The van der Waals surface area contributed by atoms with Crippen molar-refractivity contribution < 1.29 is 23.1 Å². The number of benzene rings is 1. The van der Waals surface area contributed by atoms with E-state index in [0.29, 0.717) is 12.5 Å². The quantitative estimate of drug-likeness (QED) is 0.726. The number of phenolic OH excluding ortho intramolecular Hbond substituents is 1. The maximum atomic E-state index is 13.6. The summed E-state index contributed by atoms with van der Waals surface area (Å²) in [5, 5.41) is 11.6. The lowest BCUT2D eigenvalue weighted by Gasteiger charge is -2.29. The van der Waals surface area contributed by atoms with Gasteiger partial charge in [-0.15, -0.1) is 0 Å². The van der Waals surface area contributed by atoms with Crippen molar-refractivity contribution in [3.63, 3.8) is 0 Å². The summed E-state index contributed by atoms with van der Waals surface area (Å²) in [4.78, 5) is 11.9. The monoisotopic (exact) mass is 288 g/mol. The van der Waals surface area contributed by atoms with E-state index in [2.05, 4.69) is 5.32 Å². The molecule has 1 saturated carbocycles. The fourth-order valence-electron chi connectivity index (χ4n) is 2.34. The third-order valence-corrected chi connectivity index (χ3v) is 3.51. The number of phenols is 1. The Morgan fingerprint density at radius 3 is 2.55 bits per heavy atom. The molecule has 0 bridgehead atoms. The first-order valence-corrected chi connectivity index (χ1v) is 6.34. The van der Waals surface area contributed by atoms with E-state index >= 15 is 0 Å². The average Bonchev–Trinajstić information content (AvgIpc) is 2.43. The molecule has 0 heterocycles. The van der Waals surface area contributed by atoms with Crippen LogP contribution in [0.25, 0.3) is 0 Å². The van der Waals surface area contributed by atoms with Crippen LogP contribution >= 0.6 is 0 Å². The number of carbonyl (C=O) groups excluding carboxylic acids is 1. The van der Waals surface area contributed by atoms with Gasteiger partial charge < -0.3 is 16.2 Å². The summed E-state index contributed by atoms with van der Waals surface area (Å²) in [6, 6.07) is -0.172. The molecule has 1 aromatic rings. The predicted octanol–water partition coefficient (Wildman–Crippen LogP) is 1.81. The van der Waals surface area contributed by atoms with Crippen LogP contribution in [0, 0.1) is 17.5 Å². The Bertz CT molecular complexity index is 537. The maximum Gasteiger partial charge on any atom is 0.254 e. The molecule has 7 heteroatoms. The van der Waals surface area contributed by atoms with Gasteiger partial charge in [0.15, 0.2) is 17.4 Å². The molecular weight excluding hydrogens is 273 g/mol. The highest BCUT2D eigenvalue weighted by atomic mass is 19.2. The third kappa shape index (κ3) is 2.72. The third-order valence-electron chi connectivity index (χ3n) is 3.51. The second kappa shape index (κ2) is 5.70. The van der Waals surface area contributed by atoms with E-state index in [9.17, 15) is 18.0 Å². The molecule has 1 fully saturated rings. The molecule has 20 heavy (non-hydrogen) atoms. The Balaban J connectivity index is 2.21. The molecule has 2 rings (SSSR count). The van der Waals surface area contributed by atoms with E-state index in [4.69, 9.17) is 10.8 Å². The highest BCUT2D eigenvalue weighted by Gasteiger charge is 2.27. The summed E-state index contributed by atoms with van der Waals surface area (Å²) in [6.45, 7) is 0. The molecule has 2 atom stereocenters. The number of aromatic hydroxyl groups is 1. The summed E-state index contributed by atoms with van der Waals surface area (Å²) in [5.41, 5.74) is 5.10. The lowest BCUT2D eigenvalue weighted by Crippen LogP contribution is -2.49. The molecule has 1 aromatic carbocycles. The van der Waals surface area contributed by atoms with Crippen molar-refractivity contribution in [2.45, 2.75) is 37.8 Å². The highest BCUT2D eigenvalue weighted by Crippen LogP contribution is 2.26. The van der Waals surface area contributed by atoms with Crippen LogP contribution in [0.5, 0.6) is 5.75 Å². The number of rotatable bonds is 2. The maximum absolute atomic E-state index is 13.6. The summed E-state index contributed by atoms with van der Waals surface area (Å²) in [6.07, 6.45) is 3.21. The van der Waals surface area contributed by atoms with Gasteiger partial charge in [-0.3, -0.25) is 4.79 Å². The zero-order valence-corrected chi connectivity index (χ0v) is 10.6. The fourth-order valence-corrected chi connectivity index (χ4v) is 2.34. The number of halogens is 3. The van der Waals surface area contributed by atoms with Crippen LogP contribution in [0.3, 0.4) is 0 Å². The zero-order valence-electron chi connectivity index (χ0n) is 10.6. The molecule has 110 valence electrons. The average molecular weight is 288 g/mol. The van der Waals surface area contributed by atoms with Gasteiger partial charge in [0, 0.05) is 12.1 Å². The van der Waals surface area contributed by atoms with Crippen molar-refractivity contribution in [3.8, 4) is 5.75 Å². The second-order valence-electron chi connectivity index (χ2n) is 4.91. The Morgan fingerprint density at radius 1 is 1.25 bits per heavy atom. The first-order valence-electron chi connectivity index (χ1n) is 6.34. The Hall–Kier alpha value is -1.76. The molecule has 1 aliphatic carbocycles. The van der Waals surface area contributed by atoms with E-state index in [-0.39, 0.29) is 12.1 Å². The molecule has 1 aliphatic rings. The summed E-state index contributed by atoms with van der Waals surface area (Å²) in [7, 11) is 0. The Labute approximate surface area is 113 Å². The van der Waals surface area contributed by atoms with Crippen LogP contribution in [0.2, 0.25) is 0 Å². The molecule has 4 N–H and O–H groups in total. The van der Waals surface area contributed by atoms with Crippen molar-refractivity contribution >= 4 is 5.91 Å². The Morgan fingerprint density at radius 2 is 1.90 bits per heavy atom. The second-order valence-corrected chi connectivity index (χ2v) is 4.91. The lowest BCUT2D eigenvalue weighted by atomic mass is 9.91. The van der Waals surface area contributed by atoms with Crippen molar-refractivity contribution in [2.24, 2.45) is 5.73 Å². The molecule has 0 aliphatic heterocycles. The van der Waals surface area contributed by atoms with Crippen LogP contribution in [-0.4, -0.2) is 23.1 Å². The van der Waals surface area contributed by atoms with Gasteiger partial charge >= 0.3 is 0 Å². The normalized spacial score (nSPS) is 22.6. The van der Waals surface area contributed by atoms with Gasteiger partial charge in [-0.25, -0.2) is 8.78 Å². The van der Waals surface area contributed by atoms with Crippen LogP contribution < -0.4 is 11.1 Å². The van der Waals surface area contributed by atoms with E-state index in [1.54, 1.807) is 0 Å². The van der Waals surface area contributed by atoms with Crippen LogP contribution in [-0.2, 0) is 0 Å². The van der Waals surface area contributed by atoms with E-state index in [1.807, 2.05) is 0 Å². The van der Waals surface area contributed by atoms with Crippen LogP contribution in [0.4, 0.5) is 13.2 Å². The smallest absolute Gasteiger partial charge is 0.254 e. The standard InChI is InChI=1S/C13H15F3N2O2/c14-7-5-6(10(15)12(19)11(7)16)13(20)18-9-4-2-1-3-8(9)17/h5,8-9,19H,1-4,17H2,(H,18,20). The fraction of sp³-hybridized carbons (Fsp3) is 0.462. The van der Waals surface area contributed by atoms with Gasteiger partial charge in [0.05, 0.1) is 5.56 Å². The minimum atomic E-state index is -1.71. The topological polar surface area (TPSA) is 75.3 Å². The highest BCUT2D eigenvalue weighted by molar-refractivity contribution is 5.95. The van der Waals surface area contributed by atoms with E-state index in [0.717, 1.165) is 19.3 Å². The molecule has 2 unspecified atom stereocenters. The number of nitrogens with two attached hydrogens (primary N) is 1. The van der Waals surface area contributed by atoms with Gasteiger partial charge in [0.1, 0.15) is 0 Å². The summed E-state index contributed by atoms with van der Waals surface area (Å²) < 4.78 is 39.7. The number of hydrogen-bond acceptors (Lipinski definition) is 3. The SMILES string of the molecule is NC1CCCCC1NC(=O)c1cc(F)c(F)c(O)c1F. The molecule has 0 saturated heterocycles. The first-order chi connectivity index (χ1) is 9.41. The number of nitrogens with one attached hydrogen (secondary N) is 1. The van der Waals surface area contributed by atoms with Crippen molar-refractivity contribution in [1.29, 1.82) is 0 Å². The van der Waals surface area contributed by atoms with Gasteiger partial charge in [-0.1, -0.05) is 12.8 Å². The molecular formula is C13H15F3N2O2. The molecule has 0 aromatic heterocycles. The van der Waals surface area contributed by atoms with E-state index < -0.39 is 34.7 Å². The largest absolute Gasteiger partial charge is 0.503 e. The van der Waals surface area contributed by atoms with Gasteiger partial charge in [0.2, 0.25) is 5.82 Å². The first kappa shape index (κ1) is 14.6. The lowest BCUT2D eigenvalue weighted by molar-refractivity contribution is 0.0915. The molecule has 0 spiro atoms. The van der Waals surface area contributed by atoms with Crippen molar-refractivity contribution in [3.05, 3.63) is 29.1 Å². The van der Waals surface area contributed by atoms with Crippen LogP contribution in [0.1, 0.15) is 36.0 Å². The molecule has 1 amide bonds. The Kier molecular flexibility index (Phi) is 4.17. The minimum Gasteiger partial charge on any atom is -0.503 e. The summed E-state index contributed by atoms with van der Waals surface area (Å²) >= 11 is 0. The predicted molar refractivity (Wildman–Crippen MR) is 65.7 cm³/mol. The summed E-state index contributed by atoms with van der Waals surface area (Å²) in [5.74, 6) is -7.09. The zero-order chi connectivity index (χ0) is 14.9. The van der Waals surface area contributed by atoms with Crippen molar-refractivity contribution in [2.75, 3.05) is 0 Å². The number of amides is 1. The van der Waals surface area contributed by atoms with Crippen LogP contribution in [0.15, 0.2) is 6.07 Å². The van der Waals surface area contributed by atoms with E-state index in [1.165, 1.54) is 0 Å². The molecule has 0 radical (unpaired) electrons. The molecule has 4 nitrogen and oxygen atoms in total.